The first-order chi connectivity index (χ1) is 12.4. The third-order valence-electron chi connectivity index (χ3n) is 4.29. The van der Waals surface area contributed by atoms with Crippen LogP contribution in [0.4, 0.5) is 0 Å². The first-order valence-electron chi connectivity index (χ1n) is 8.59. The van der Waals surface area contributed by atoms with Gasteiger partial charge in [-0.05, 0) is 51.2 Å². The Morgan fingerprint density at radius 3 is 2.62 bits per heavy atom. The topological polar surface area (TPSA) is 51.5 Å². The van der Waals surface area contributed by atoms with Crippen LogP contribution in [0.2, 0.25) is 0 Å². The lowest BCUT2D eigenvalue weighted by atomic mass is 10.2. The van der Waals surface area contributed by atoms with Crippen molar-refractivity contribution >= 4 is 20.9 Å². The zero-order valence-corrected chi connectivity index (χ0v) is 16.2. The van der Waals surface area contributed by atoms with Crippen molar-refractivity contribution < 1.29 is 13.2 Å². The van der Waals surface area contributed by atoms with Crippen LogP contribution in [0, 0.1) is 6.92 Å². The van der Waals surface area contributed by atoms with Gasteiger partial charge < -0.3 is 9.64 Å². The maximum atomic E-state index is 13.1. The molecule has 1 heterocycles. The van der Waals surface area contributed by atoms with Crippen LogP contribution < -0.4 is 4.74 Å². The van der Waals surface area contributed by atoms with Crippen LogP contribution in [0.15, 0.2) is 59.6 Å². The van der Waals surface area contributed by atoms with Crippen molar-refractivity contribution in [1.29, 1.82) is 0 Å². The Labute approximate surface area is 154 Å². The van der Waals surface area contributed by atoms with E-state index in [1.54, 1.807) is 36.5 Å². The summed E-state index contributed by atoms with van der Waals surface area (Å²) >= 11 is 0. The van der Waals surface area contributed by atoms with E-state index in [1.165, 1.54) is 3.97 Å². The summed E-state index contributed by atoms with van der Waals surface area (Å²) in [5, 5.41) is 0.892. The molecule has 0 N–H and O–H groups in total. The number of rotatable bonds is 7. The Morgan fingerprint density at radius 2 is 1.85 bits per heavy atom. The summed E-state index contributed by atoms with van der Waals surface area (Å²) in [5.74, 6) is 0.612. The predicted molar refractivity (Wildman–Crippen MR) is 104 cm³/mol. The minimum atomic E-state index is -3.68. The molecule has 1 aromatic heterocycles. The van der Waals surface area contributed by atoms with Gasteiger partial charge in [0.1, 0.15) is 5.75 Å². The van der Waals surface area contributed by atoms with E-state index < -0.39 is 10.0 Å². The van der Waals surface area contributed by atoms with Crippen LogP contribution in [0.5, 0.6) is 5.75 Å². The molecule has 0 bridgehead atoms. The number of benzene rings is 2. The van der Waals surface area contributed by atoms with E-state index in [0.717, 1.165) is 23.9 Å². The lowest BCUT2D eigenvalue weighted by Gasteiger charge is -2.14. The minimum Gasteiger partial charge on any atom is -0.493 e. The number of ether oxygens (including phenoxy) is 1. The maximum absolute atomic E-state index is 13.1. The third-order valence-corrected chi connectivity index (χ3v) is 5.97. The monoisotopic (exact) mass is 372 g/mol. The van der Waals surface area contributed by atoms with Gasteiger partial charge in [-0.15, -0.1) is 0 Å². The smallest absolute Gasteiger partial charge is 0.268 e. The molecule has 3 aromatic rings. The fraction of sp³-hybridized carbons (Fsp3) is 0.300. The van der Waals surface area contributed by atoms with Crippen LogP contribution in [-0.2, 0) is 10.0 Å². The minimum absolute atomic E-state index is 0.229. The second-order valence-electron chi connectivity index (χ2n) is 6.61. The van der Waals surface area contributed by atoms with Gasteiger partial charge in [-0.1, -0.05) is 24.3 Å². The average molecular weight is 372 g/mol. The van der Waals surface area contributed by atoms with Crippen LogP contribution in [-0.4, -0.2) is 44.5 Å². The normalized spacial score (nSPS) is 12.0. The lowest BCUT2D eigenvalue weighted by molar-refractivity contribution is 0.279. The Balaban J connectivity index is 1.89. The van der Waals surface area contributed by atoms with Gasteiger partial charge >= 0.3 is 0 Å². The largest absolute Gasteiger partial charge is 0.493 e. The van der Waals surface area contributed by atoms with E-state index in [4.69, 9.17) is 4.74 Å². The maximum Gasteiger partial charge on any atom is 0.268 e. The molecule has 26 heavy (non-hydrogen) atoms. The van der Waals surface area contributed by atoms with E-state index >= 15 is 0 Å². The molecule has 0 radical (unpaired) electrons. The molecule has 0 amide bonds. The molecular weight excluding hydrogens is 348 g/mol. The van der Waals surface area contributed by atoms with Crippen molar-refractivity contribution in [1.82, 2.24) is 8.87 Å². The molecule has 0 unspecified atom stereocenters. The summed E-state index contributed by atoms with van der Waals surface area (Å²) in [4.78, 5) is 2.32. The van der Waals surface area contributed by atoms with Crippen LogP contribution in [0.25, 0.3) is 10.9 Å². The van der Waals surface area contributed by atoms with E-state index in [-0.39, 0.29) is 4.90 Å². The first kappa shape index (κ1) is 18.5. The Morgan fingerprint density at radius 1 is 1.08 bits per heavy atom. The fourth-order valence-electron chi connectivity index (χ4n) is 2.84. The Bertz CT molecular complexity index is 1010. The Kier molecular flexibility index (Phi) is 5.34. The summed E-state index contributed by atoms with van der Waals surface area (Å²) in [7, 11) is 0.350. The van der Waals surface area contributed by atoms with E-state index in [0.29, 0.717) is 17.9 Å². The molecule has 0 spiro atoms. The first-order valence-corrected chi connectivity index (χ1v) is 10.0. The van der Waals surface area contributed by atoms with Crippen molar-refractivity contribution in [3.05, 3.63) is 60.3 Å². The van der Waals surface area contributed by atoms with E-state index in [1.807, 2.05) is 39.2 Å². The van der Waals surface area contributed by atoms with Gasteiger partial charge in [0.05, 0.1) is 17.0 Å². The van der Waals surface area contributed by atoms with Gasteiger partial charge in [0, 0.05) is 24.2 Å². The molecule has 0 aliphatic heterocycles. The van der Waals surface area contributed by atoms with E-state index in [9.17, 15) is 8.42 Å². The fourth-order valence-corrected chi connectivity index (χ4v) is 4.21. The predicted octanol–water partition coefficient (Wildman–Crippen LogP) is 3.52. The molecule has 0 saturated carbocycles. The molecule has 0 saturated heterocycles. The number of hydrogen-bond acceptors (Lipinski definition) is 4. The Hall–Kier alpha value is -2.31. The van der Waals surface area contributed by atoms with Gasteiger partial charge in [-0.3, -0.25) is 0 Å². The molecule has 0 fully saturated rings. The van der Waals surface area contributed by atoms with Crippen LogP contribution >= 0.6 is 0 Å². The average Bonchev–Trinajstić information content (AvgIpc) is 3.04. The molecule has 3 rings (SSSR count). The van der Waals surface area contributed by atoms with Crippen LogP contribution in [0.1, 0.15) is 12.0 Å². The number of aromatic nitrogens is 1. The lowest BCUT2D eigenvalue weighted by Crippen LogP contribution is -2.16. The van der Waals surface area contributed by atoms with Gasteiger partial charge in [-0.2, -0.15) is 0 Å². The highest BCUT2D eigenvalue weighted by atomic mass is 32.2. The quantitative estimate of drug-likeness (QED) is 0.596. The highest BCUT2D eigenvalue weighted by Gasteiger charge is 2.20. The van der Waals surface area contributed by atoms with Crippen molar-refractivity contribution in [2.45, 2.75) is 18.2 Å². The SMILES string of the molecule is Cc1ccc(S(=O)(=O)n2ccc3ccccc32)cc1OCCCN(C)C. The summed E-state index contributed by atoms with van der Waals surface area (Å²) in [5.41, 5.74) is 1.59. The number of aryl methyl sites for hydroxylation is 1. The zero-order chi connectivity index (χ0) is 18.7. The molecule has 5 nitrogen and oxygen atoms in total. The summed E-state index contributed by atoms with van der Waals surface area (Å²) < 4.78 is 33.3. The molecule has 2 aromatic carbocycles. The van der Waals surface area contributed by atoms with Gasteiger partial charge in [-0.25, -0.2) is 12.4 Å². The zero-order valence-electron chi connectivity index (χ0n) is 15.3. The summed E-state index contributed by atoms with van der Waals surface area (Å²) in [6, 6.07) is 14.3. The van der Waals surface area contributed by atoms with Crippen molar-refractivity contribution in [3.8, 4) is 5.75 Å². The number of fused-ring (bicyclic) bond motifs is 1. The molecule has 0 aliphatic rings. The number of para-hydroxylation sites is 1. The summed E-state index contributed by atoms with van der Waals surface area (Å²) in [6.07, 6.45) is 2.48. The van der Waals surface area contributed by atoms with Gasteiger partial charge in [0.2, 0.25) is 0 Å². The molecule has 0 atom stereocenters. The molecule has 138 valence electrons. The number of nitrogens with zero attached hydrogens (tertiary/aromatic N) is 2. The second-order valence-corrected chi connectivity index (χ2v) is 8.42. The van der Waals surface area contributed by atoms with Crippen molar-refractivity contribution in [2.24, 2.45) is 0 Å². The van der Waals surface area contributed by atoms with Crippen molar-refractivity contribution in [2.75, 3.05) is 27.2 Å². The molecule has 6 heteroatoms. The summed E-state index contributed by atoms with van der Waals surface area (Å²) in [6.45, 7) is 3.39. The van der Waals surface area contributed by atoms with Crippen molar-refractivity contribution in [3.63, 3.8) is 0 Å². The number of hydrogen-bond donors (Lipinski definition) is 0. The van der Waals surface area contributed by atoms with Crippen LogP contribution in [0.3, 0.4) is 0 Å². The molecular formula is C20H24N2O3S. The second kappa shape index (κ2) is 7.51. The highest BCUT2D eigenvalue weighted by Crippen LogP contribution is 2.26. The van der Waals surface area contributed by atoms with Gasteiger partial charge in [0.25, 0.3) is 10.0 Å². The third kappa shape index (κ3) is 3.76. The van der Waals surface area contributed by atoms with Gasteiger partial charge in [0.15, 0.2) is 0 Å². The standard InChI is InChI=1S/C20H24N2O3S/c1-16-9-10-18(15-20(16)25-14-6-12-21(2)3)26(23,24)22-13-11-17-7-4-5-8-19(17)22/h4-5,7-11,13,15H,6,12,14H2,1-3H3. The molecule has 0 aliphatic carbocycles. The van der Waals surface area contributed by atoms with E-state index in [2.05, 4.69) is 4.90 Å². The highest BCUT2D eigenvalue weighted by molar-refractivity contribution is 7.90.